The van der Waals surface area contributed by atoms with E-state index in [0.29, 0.717) is 0 Å². The molecule has 0 aromatic carbocycles. The quantitative estimate of drug-likeness (QED) is 0.497. The second-order valence-corrected chi connectivity index (χ2v) is 6.89. The number of aryl methyl sites for hydroxylation is 2. The van der Waals surface area contributed by atoms with E-state index in [-0.39, 0.29) is 0 Å². The summed E-state index contributed by atoms with van der Waals surface area (Å²) in [6.07, 6.45) is 12.2. The van der Waals surface area contributed by atoms with E-state index >= 15 is 0 Å². The molecule has 0 amide bonds. The third-order valence-corrected chi connectivity index (χ3v) is 5.03. The largest absolute Gasteiger partial charge is 0.261 e. The number of rotatable bonds is 9. The molecule has 0 radical (unpaired) electrons. The van der Waals surface area contributed by atoms with Crippen LogP contribution in [-0.2, 0) is 12.8 Å². The molecule has 0 aliphatic rings. The van der Waals surface area contributed by atoms with Crippen molar-refractivity contribution < 1.29 is 0 Å². The average Bonchev–Trinajstić information content (AvgIpc) is 2.99. The van der Waals surface area contributed by atoms with Crippen LogP contribution in [0.2, 0.25) is 0 Å². The minimum Gasteiger partial charge on any atom is -0.261 e. The molecule has 114 valence electrons. The highest BCUT2D eigenvalue weighted by molar-refractivity contribution is 7.15. The lowest BCUT2D eigenvalue weighted by atomic mass is 10.1. The molecule has 0 aliphatic carbocycles. The van der Waals surface area contributed by atoms with Crippen LogP contribution in [0.4, 0.5) is 0 Å². The number of hydrogen-bond acceptors (Lipinski definition) is 2. The first-order valence-electron chi connectivity index (χ1n) is 8.37. The van der Waals surface area contributed by atoms with E-state index in [4.69, 9.17) is 0 Å². The SMILES string of the molecule is CCCCCCc1ccc(-c2ccc(CCCC)nc2)s1. The van der Waals surface area contributed by atoms with Gasteiger partial charge in [-0.3, -0.25) is 4.98 Å². The Morgan fingerprint density at radius 3 is 2.43 bits per heavy atom. The maximum absolute atomic E-state index is 4.60. The monoisotopic (exact) mass is 301 g/mol. The van der Waals surface area contributed by atoms with Crippen molar-refractivity contribution in [1.82, 2.24) is 4.98 Å². The fourth-order valence-corrected chi connectivity index (χ4v) is 3.51. The summed E-state index contributed by atoms with van der Waals surface area (Å²) in [5, 5.41) is 0. The Morgan fingerprint density at radius 1 is 0.857 bits per heavy atom. The molecule has 2 heteroatoms. The van der Waals surface area contributed by atoms with Crippen LogP contribution < -0.4 is 0 Å². The second kappa shape index (κ2) is 8.99. The van der Waals surface area contributed by atoms with Crippen molar-refractivity contribution in [2.24, 2.45) is 0 Å². The van der Waals surface area contributed by atoms with Gasteiger partial charge in [0.2, 0.25) is 0 Å². The number of thiophene rings is 1. The molecule has 2 rings (SSSR count). The van der Waals surface area contributed by atoms with E-state index in [1.807, 2.05) is 17.5 Å². The minimum absolute atomic E-state index is 1.10. The summed E-state index contributed by atoms with van der Waals surface area (Å²) < 4.78 is 0. The minimum atomic E-state index is 1.10. The molecule has 2 aromatic heterocycles. The lowest BCUT2D eigenvalue weighted by Gasteiger charge is -2.01. The summed E-state index contributed by atoms with van der Waals surface area (Å²) in [5.74, 6) is 0. The van der Waals surface area contributed by atoms with Gasteiger partial charge < -0.3 is 0 Å². The van der Waals surface area contributed by atoms with Crippen molar-refractivity contribution in [3.8, 4) is 10.4 Å². The number of nitrogens with zero attached hydrogens (tertiary/aromatic N) is 1. The van der Waals surface area contributed by atoms with Gasteiger partial charge in [0.05, 0.1) is 0 Å². The Hall–Kier alpha value is -1.15. The maximum atomic E-state index is 4.60. The second-order valence-electron chi connectivity index (χ2n) is 5.72. The Bertz CT molecular complexity index is 513. The molecule has 0 unspecified atom stereocenters. The van der Waals surface area contributed by atoms with Gasteiger partial charge in [-0.15, -0.1) is 11.3 Å². The standard InChI is InChI=1S/C19H27NS/c1-3-5-7-8-10-18-13-14-19(21-18)16-11-12-17(20-15-16)9-6-4-2/h11-15H,3-10H2,1-2H3. The van der Waals surface area contributed by atoms with Crippen LogP contribution in [0.5, 0.6) is 0 Å². The lowest BCUT2D eigenvalue weighted by Crippen LogP contribution is -1.89. The predicted octanol–water partition coefficient (Wildman–Crippen LogP) is 6.28. The fourth-order valence-electron chi connectivity index (χ4n) is 2.47. The Labute approximate surface area is 133 Å². The van der Waals surface area contributed by atoms with Gasteiger partial charge in [-0.1, -0.05) is 45.6 Å². The summed E-state index contributed by atoms with van der Waals surface area (Å²) in [6.45, 7) is 4.49. The molecule has 0 spiro atoms. The van der Waals surface area contributed by atoms with E-state index in [9.17, 15) is 0 Å². The zero-order chi connectivity index (χ0) is 14.9. The van der Waals surface area contributed by atoms with Gasteiger partial charge in [0.25, 0.3) is 0 Å². The fraction of sp³-hybridized carbons (Fsp3) is 0.526. The van der Waals surface area contributed by atoms with Crippen LogP contribution in [0.25, 0.3) is 10.4 Å². The Balaban J connectivity index is 1.91. The molecular weight excluding hydrogens is 274 g/mol. The molecule has 0 saturated carbocycles. The van der Waals surface area contributed by atoms with Crippen LogP contribution >= 0.6 is 11.3 Å². The van der Waals surface area contributed by atoms with Gasteiger partial charge in [-0.2, -0.15) is 0 Å². The first kappa shape index (κ1) is 16.2. The normalized spacial score (nSPS) is 11.0. The van der Waals surface area contributed by atoms with Crippen molar-refractivity contribution in [2.45, 2.75) is 65.2 Å². The van der Waals surface area contributed by atoms with E-state index in [1.165, 1.54) is 66.0 Å². The Morgan fingerprint density at radius 2 is 1.71 bits per heavy atom. The van der Waals surface area contributed by atoms with Crippen molar-refractivity contribution in [3.05, 3.63) is 41.0 Å². The predicted molar refractivity (Wildman–Crippen MR) is 94.0 cm³/mol. The molecule has 0 fully saturated rings. The van der Waals surface area contributed by atoms with E-state index < -0.39 is 0 Å². The van der Waals surface area contributed by atoms with Crippen molar-refractivity contribution >= 4 is 11.3 Å². The number of hydrogen-bond donors (Lipinski definition) is 0. The molecule has 21 heavy (non-hydrogen) atoms. The summed E-state index contributed by atoms with van der Waals surface area (Å²) >= 11 is 1.93. The number of unbranched alkanes of at least 4 members (excludes halogenated alkanes) is 4. The number of pyridine rings is 1. The van der Waals surface area contributed by atoms with E-state index in [2.05, 4.69) is 43.1 Å². The third-order valence-electron chi connectivity index (χ3n) is 3.83. The molecule has 0 aliphatic heterocycles. The van der Waals surface area contributed by atoms with Gasteiger partial charge in [-0.25, -0.2) is 0 Å². The van der Waals surface area contributed by atoms with E-state index in [1.54, 1.807) is 0 Å². The van der Waals surface area contributed by atoms with Crippen molar-refractivity contribution in [2.75, 3.05) is 0 Å². The van der Waals surface area contributed by atoms with Gasteiger partial charge in [0.1, 0.15) is 0 Å². The zero-order valence-corrected chi connectivity index (χ0v) is 14.2. The highest BCUT2D eigenvalue weighted by Gasteiger charge is 2.04. The van der Waals surface area contributed by atoms with Crippen LogP contribution in [0.1, 0.15) is 62.9 Å². The molecular formula is C19H27NS. The molecule has 0 saturated heterocycles. The van der Waals surface area contributed by atoms with Crippen LogP contribution in [0, 0.1) is 0 Å². The van der Waals surface area contributed by atoms with Gasteiger partial charge in [0, 0.05) is 27.2 Å². The Kier molecular flexibility index (Phi) is 6.94. The highest BCUT2D eigenvalue weighted by atomic mass is 32.1. The highest BCUT2D eigenvalue weighted by Crippen LogP contribution is 2.28. The topological polar surface area (TPSA) is 12.9 Å². The molecule has 0 N–H and O–H groups in total. The molecule has 1 nitrogen and oxygen atoms in total. The summed E-state index contributed by atoms with van der Waals surface area (Å²) in [7, 11) is 0. The van der Waals surface area contributed by atoms with Crippen LogP contribution in [0.15, 0.2) is 30.5 Å². The van der Waals surface area contributed by atoms with Gasteiger partial charge in [-0.05, 0) is 43.9 Å². The maximum Gasteiger partial charge on any atom is 0.0404 e. The molecule has 2 aromatic rings. The number of aromatic nitrogens is 1. The van der Waals surface area contributed by atoms with Gasteiger partial charge in [0.15, 0.2) is 0 Å². The first-order valence-corrected chi connectivity index (χ1v) is 9.19. The van der Waals surface area contributed by atoms with Gasteiger partial charge >= 0.3 is 0 Å². The first-order chi connectivity index (χ1) is 10.3. The molecule has 0 bridgehead atoms. The van der Waals surface area contributed by atoms with E-state index in [0.717, 1.165) is 6.42 Å². The molecule has 2 heterocycles. The van der Waals surface area contributed by atoms with Crippen molar-refractivity contribution in [3.63, 3.8) is 0 Å². The smallest absolute Gasteiger partial charge is 0.0404 e. The van der Waals surface area contributed by atoms with Crippen molar-refractivity contribution in [1.29, 1.82) is 0 Å². The van der Waals surface area contributed by atoms with Crippen LogP contribution in [-0.4, -0.2) is 4.98 Å². The summed E-state index contributed by atoms with van der Waals surface area (Å²) in [5.41, 5.74) is 2.48. The van der Waals surface area contributed by atoms with Crippen LogP contribution in [0.3, 0.4) is 0 Å². The summed E-state index contributed by atoms with van der Waals surface area (Å²) in [4.78, 5) is 7.46. The summed E-state index contributed by atoms with van der Waals surface area (Å²) in [6, 6.07) is 8.95. The zero-order valence-electron chi connectivity index (χ0n) is 13.4. The third kappa shape index (κ3) is 5.28. The lowest BCUT2D eigenvalue weighted by molar-refractivity contribution is 0.670. The molecule has 0 atom stereocenters. The average molecular weight is 301 g/mol.